The van der Waals surface area contributed by atoms with Crippen molar-refractivity contribution in [1.29, 1.82) is 0 Å². The number of anilines is 4. The van der Waals surface area contributed by atoms with Crippen LogP contribution in [0.3, 0.4) is 0 Å². The monoisotopic (exact) mass is 895 g/mol. The van der Waals surface area contributed by atoms with Crippen LogP contribution >= 0.6 is 0 Å². The van der Waals surface area contributed by atoms with Gasteiger partial charge in [0.1, 0.15) is 0 Å². The molecular formula is C66H74N2. The topological polar surface area (TPSA) is 24.1 Å². The van der Waals surface area contributed by atoms with Gasteiger partial charge in [-0.25, -0.2) is 0 Å². The summed E-state index contributed by atoms with van der Waals surface area (Å²) >= 11 is 0. The van der Waals surface area contributed by atoms with E-state index in [0.717, 1.165) is 0 Å². The van der Waals surface area contributed by atoms with Crippen LogP contribution in [-0.4, -0.2) is 0 Å². The summed E-state index contributed by atoms with van der Waals surface area (Å²) in [4.78, 5) is 0. The largest absolute Gasteiger partial charge is 0.354 e. The Hall–Kier alpha value is -6.64. The van der Waals surface area contributed by atoms with E-state index in [2.05, 4.69) is 276 Å². The fourth-order valence-electron chi connectivity index (χ4n) is 9.26. The summed E-state index contributed by atoms with van der Waals surface area (Å²) in [5.74, 6) is 2.68. The molecule has 2 heteroatoms. The predicted molar refractivity (Wildman–Crippen MR) is 299 cm³/mol. The average molecular weight is 895 g/mol. The molecule has 0 radical (unpaired) electrons. The second-order valence-electron chi connectivity index (χ2n) is 20.2. The first kappa shape index (κ1) is 49.3. The molecule has 348 valence electrons. The van der Waals surface area contributed by atoms with Crippen molar-refractivity contribution < 1.29 is 0 Å². The van der Waals surface area contributed by atoms with Gasteiger partial charge in [0.2, 0.25) is 0 Å². The number of hydrogen-bond acceptors (Lipinski definition) is 2. The molecule has 68 heavy (non-hydrogen) atoms. The Labute approximate surface area is 410 Å². The van der Waals surface area contributed by atoms with Crippen molar-refractivity contribution in [1.82, 2.24) is 0 Å². The standard InChI is InChI=1S/2C33H37N/c2*1-22(2)27-20-30(23(3)4)33(31(21-27)24(5)6)34-32-28(25-14-9-7-10-15-25)18-13-19-29(32)26-16-11-8-12-17-26/h2*7-24,34H,1-6H3. The van der Waals surface area contributed by atoms with Crippen molar-refractivity contribution in [3.05, 3.63) is 215 Å². The van der Waals surface area contributed by atoms with E-state index in [1.165, 1.54) is 101 Å². The van der Waals surface area contributed by atoms with Crippen molar-refractivity contribution in [2.45, 2.75) is 119 Å². The van der Waals surface area contributed by atoms with E-state index >= 15 is 0 Å². The Bertz CT molecular complexity index is 2500. The Morgan fingerprint density at radius 2 is 0.456 bits per heavy atom. The van der Waals surface area contributed by atoms with Crippen LogP contribution < -0.4 is 10.6 Å². The third kappa shape index (κ3) is 11.4. The van der Waals surface area contributed by atoms with Crippen molar-refractivity contribution in [3.8, 4) is 44.5 Å². The second kappa shape index (κ2) is 22.4. The van der Waals surface area contributed by atoms with Gasteiger partial charge in [0.05, 0.1) is 11.4 Å². The van der Waals surface area contributed by atoms with Crippen LogP contribution in [0.25, 0.3) is 44.5 Å². The van der Waals surface area contributed by atoms with Crippen LogP contribution in [0.4, 0.5) is 22.7 Å². The normalized spacial score (nSPS) is 11.4. The minimum Gasteiger partial charge on any atom is -0.354 e. The molecule has 2 N–H and O–H groups in total. The highest BCUT2D eigenvalue weighted by molar-refractivity contribution is 5.95. The fourth-order valence-corrected chi connectivity index (χ4v) is 9.26. The highest BCUT2D eigenvalue weighted by Gasteiger charge is 2.23. The lowest BCUT2D eigenvalue weighted by molar-refractivity contribution is 0.807. The number of benzene rings is 8. The zero-order valence-corrected chi connectivity index (χ0v) is 42.8. The van der Waals surface area contributed by atoms with Crippen LogP contribution in [0.5, 0.6) is 0 Å². The van der Waals surface area contributed by atoms with Gasteiger partial charge >= 0.3 is 0 Å². The van der Waals surface area contributed by atoms with Crippen LogP contribution in [0.15, 0.2) is 182 Å². The summed E-state index contributed by atoms with van der Waals surface area (Å²) in [6, 6.07) is 65.8. The van der Waals surface area contributed by atoms with Crippen LogP contribution in [0.1, 0.15) is 152 Å². The van der Waals surface area contributed by atoms with E-state index in [-0.39, 0.29) is 0 Å². The van der Waals surface area contributed by atoms with Crippen LogP contribution in [0.2, 0.25) is 0 Å². The Kier molecular flexibility index (Phi) is 16.3. The van der Waals surface area contributed by atoms with Gasteiger partial charge in [0, 0.05) is 33.6 Å². The molecule has 0 aliphatic rings. The van der Waals surface area contributed by atoms with Gasteiger partial charge in [-0.2, -0.15) is 0 Å². The maximum absolute atomic E-state index is 4.00. The molecule has 0 aliphatic carbocycles. The average Bonchev–Trinajstić information content (AvgIpc) is 3.35. The van der Waals surface area contributed by atoms with Crippen LogP contribution in [-0.2, 0) is 0 Å². The molecule has 0 spiro atoms. The minimum absolute atomic E-state index is 0.419. The summed E-state index contributed by atoms with van der Waals surface area (Å²) < 4.78 is 0. The summed E-state index contributed by atoms with van der Waals surface area (Å²) in [5.41, 5.74) is 23.0. The Morgan fingerprint density at radius 1 is 0.235 bits per heavy atom. The molecule has 0 unspecified atom stereocenters. The fraction of sp³-hybridized carbons (Fsp3) is 0.273. The van der Waals surface area contributed by atoms with E-state index in [0.29, 0.717) is 35.5 Å². The van der Waals surface area contributed by atoms with Gasteiger partial charge in [-0.3, -0.25) is 0 Å². The highest BCUT2D eigenvalue weighted by atomic mass is 14.9. The van der Waals surface area contributed by atoms with Gasteiger partial charge in [-0.1, -0.05) is 265 Å². The third-order valence-electron chi connectivity index (χ3n) is 13.2. The zero-order chi connectivity index (χ0) is 48.5. The van der Waals surface area contributed by atoms with E-state index in [1.54, 1.807) is 0 Å². The summed E-state index contributed by atoms with van der Waals surface area (Å²) in [6.07, 6.45) is 0. The summed E-state index contributed by atoms with van der Waals surface area (Å²) in [7, 11) is 0. The van der Waals surface area contributed by atoms with Crippen molar-refractivity contribution in [2.75, 3.05) is 10.6 Å². The molecule has 8 aromatic carbocycles. The molecule has 0 aromatic heterocycles. The molecule has 0 bridgehead atoms. The van der Waals surface area contributed by atoms with Gasteiger partial charge < -0.3 is 10.6 Å². The Morgan fingerprint density at radius 3 is 0.647 bits per heavy atom. The maximum atomic E-state index is 4.00. The predicted octanol–water partition coefficient (Wildman–Crippen LogP) is 20.3. The van der Waals surface area contributed by atoms with Gasteiger partial charge in [-0.15, -0.1) is 0 Å². The number of hydrogen-bond donors (Lipinski definition) is 2. The number of rotatable bonds is 14. The molecular weight excluding hydrogens is 821 g/mol. The SMILES string of the molecule is CC(C)c1cc(C(C)C)c(Nc2c(-c3ccccc3)cccc2-c2ccccc2)c(C(C)C)c1.CC(C)c1cc(C(C)C)c(Nc2c(-c3ccccc3)cccc2-c2ccccc2)c(C(C)C)c1. The first-order valence-electron chi connectivity index (χ1n) is 25.1. The van der Waals surface area contributed by atoms with Crippen LogP contribution in [0, 0.1) is 0 Å². The van der Waals surface area contributed by atoms with Gasteiger partial charge in [-0.05, 0) is 91.1 Å². The number of nitrogens with one attached hydrogen (secondary N) is 2. The highest BCUT2D eigenvalue weighted by Crippen LogP contribution is 2.45. The quantitative estimate of drug-likeness (QED) is 0.114. The van der Waals surface area contributed by atoms with Gasteiger partial charge in [0.25, 0.3) is 0 Å². The molecule has 2 nitrogen and oxygen atoms in total. The third-order valence-corrected chi connectivity index (χ3v) is 13.2. The van der Waals surface area contributed by atoms with E-state index < -0.39 is 0 Å². The molecule has 0 saturated heterocycles. The Balaban J connectivity index is 0.000000201. The van der Waals surface area contributed by atoms with E-state index in [4.69, 9.17) is 0 Å². The van der Waals surface area contributed by atoms with Gasteiger partial charge in [0.15, 0.2) is 0 Å². The molecule has 0 saturated carbocycles. The summed E-state index contributed by atoms with van der Waals surface area (Å²) in [6.45, 7) is 27.6. The lowest BCUT2D eigenvalue weighted by Crippen LogP contribution is -2.08. The first-order valence-corrected chi connectivity index (χ1v) is 25.1. The van der Waals surface area contributed by atoms with Crippen molar-refractivity contribution in [3.63, 3.8) is 0 Å². The maximum Gasteiger partial charge on any atom is 0.0543 e. The zero-order valence-electron chi connectivity index (χ0n) is 42.8. The van der Waals surface area contributed by atoms with Crippen molar-refractivity contribution >= 4 is 22.7 Å². The lowest BCUT2D eigenvalue weighted by atomic mass is 9.86. The second-order valence-corrected chi connectivity index (χ2v) is 20.2. The van der Waals surface area contributed by atoms with E-state index in [1.807, 2.05) is 0 Å². The molecule has 0 fully saturated rings. The molecule has 0 amide bonds. The molecule has 0 atom stereocenters. The first-order chi connectivity index (χ1) is 32.7. The molecule has 0 aliphatic heterocycles. The number of para-hydroxylation sites is 2. The molecule has 8 rings (SSSR count). The lowest BCUT2D eigenvalue weighted by Gasteiger charge is -2.26. The summed E-state index contributed by atoms with van der Waals surface area (Å²) in [5, 5.41) is 8.01. The van der Waals surface area contributed by atoms with Crippen molar-refractivity contribution in [2.24, 2.45) is 0 Å². The smallest absolute Gasteiger partial charge is 0.0543 e. The molecule has 8 aromatic rings. The minimum atomic E-state index is 0.419. The van der Waals surface area contributed by atoms with E-state index in [9.17, 15) is 0 Å². The molecule has 0 heterocycles.